The van der Waals surface area contributed by atoms with Crippen LogP contribution >= 0.6 is 0 Å². The number of carbonyl (C=O) groups is 1. The van der Waals surface area contributed by atoms with Crippen LogP contribution in [0.1, 0.15) is 31.5 Å². The fourth-order valence-electron chi connectivity index (χ4n) is 1.30. The Morgan fingerprint density at radius 2 is 2.27 bits per heavy atom. The molecule has 0 saturated heterocycles. The maximum absolute atomic E-state index is 10.6. The highest BCUT2D eigenvalue weighted by Gasteiger charge is 2.10. The standard InChI is InChI=1S/C12H17NO2/c1-3-10-5-7-11(13-8-10)6-4-9(2)12(14)15/h5,7-9H,3-4,6H2,1-2H3,(H,14,15). The first-order chi connectivity index (χ1) is 7.13. The van der Waals surface area contributed by atoms with Gasteiger partial charge in [-0.3, -0.25) is 9.78 Å². The molecular formula is C12H17NO2. The molecule has 0 aliphatic heterocycles. The Morgan fingerprint density at radius 1 is 1.53 bits per heavy atom. The lowest BCUT2D eigenvalue weighted by Crippen LogP contribution is -2.10. The summed E-state index contributed by atoms with van der Waals surface area (Å²) < 4.78 is 0. The van der Waals surface area contributed by atoms with Crippen LogP contribution in [-0.4, -0.2) is 16.1 Å². The number of aliphatic carboxylic acids is 1. The molecule has 15 heavy (non-hydrogen) atoms. The molecule has 1 atom stereocenters. The lowest BCUT2D eigenvalue weighted by molar-refractivity contribution is -0.141. The second-order valence-electron chi connectivity index (χ2n) is 3.79. The zero-order chi connectivity index (χ0) is 11.3. The van der Waals surface area contributed by atoms with E-state index in [2.05, 4.69) is 11.9 Å². The third-order valence-electron chi connectivity index (χ3n) is 2.55. The Morgan fingerprint density at radius 3 is 2.73 bits per heavy atom. The molecule has 0 radical (unpaired) electrons. The number of aryl methyl sites for hydroxylation is 2. The predicted octanol–water partition coefficient (Wildman–Crippen LogP) is 2.30. The largest absolute Gasteiger partial charge is 0.481 e. The molecule has 1 N–H and O–H groups in total. The highest BCUT2D eigenvalue weighted by molar-refractivity contribution is 5.69. The molecule has 0 saturated carbocycles. The van der Waals surface area contributed by atoms with Crippen molar-refractivity contribution >= 4 is 5.97 Å². The van der Waals surface area contributed by atoms with Gasteiger partial charge in [0, 0.05) is 11.9 Å². The van der Waals surface area contributed by atoms with Crippen molar-refractivity contribution in [2.24, 2.45) is 5.92 Å². The number of hydrogen-bond acceptors (Lipinski definition) is 2. The molecule has 3 nitrogen and oxygen atoms in total. The van der Waals surface area contributed by atoms with Crippen LogP contribution in [0, 0.1) is 5.92 Å². The van der Waals surface area contributed by atoms with Gasteiger partial charge < -0.3 is 5.11 Å². The number of nitrogens with zero attached hydrogens (tertiary/aromatic N) is 1. The van der Waals surface area contributed by atoms with E-state index >= 15 is 0 Å². The average molecular weight is 207 g/mol. The number of carboxylic acid groups (broad SMARTS) is 1. The molecule has 1 rings (SSSR count). The monoisotopic (exact) mass is 207 g/mol. The van der Waals surface area contributed by atoms with E-state index in [0.717, 1.165) is 18.5 Å². The highest BCUT2D eigenvalue weighted by atomic mass is 16.4. The normalized spacial score (nSPS) is 12.4. The number of aromatic nitrogens is 1. The van der Waals surface area contributed by atoms with Crippen molar-refractivity contribution in [1.29, 1.82) is 0 Å². The van der Waals surface area contributed by atoms with E-state index in [9.17, 15) is 4.79 Å². The third-order valence-corrected chi connectivity index (χ3v) is 2.55. The van der Waals surface area contributed by atoms with E-state index in [1.54, 1.807) is 6.92 Å². The van der Waals surface area contributed by atoms with E-state index < -0.39 is 5.97 Å². The maximum atomic E-state index is 10.6. The predicted molar refractivity (Wildman–Crippen MR) is 58.7 cm³/mol. The number of rotatable bonds is 5. The van der Waals surface area contributed by atoms with Crippen LogP contribution in [0.2, 0.25) is 0 Å². The van der Waals surface area contributed by atoms with E-state index in [-0.39, 0.29) is 5.92 Å². The first-order valence-corrected chi connectivity index (χ1v) is 5.30. The Balaban J connectivity index is 2.47. The Kier molecular flexibility index (Phi) is 4.28. The van der Waals surface area contributed by atoms with Gasteiger partial charge in [0.2, 0.25) is 0 Å². The van der Waals surface area contributed by atoms with Gasteiger partial charge in [-0.25, -0.2) is 0 Å². The van der Waals surface area contributed by atoms with E-state index in [0.29, 0.717) is 6.42 Å². The molecule has 82 valence electrons. The Hall–Kier alpha value is -1.38. The molecule has 0 aliphatic carbocycles. The first kappa shape index (κ1) is 11.7. The quantitative estimate of drug-likeness (QED) is 0.806. The van der Waals surface area contributed by atoms with Crippen molar-refractivity contribution in [2.45, 2.75) is 33.1 Å². The highest BCUT2D eigenvalue weighted by Crippen LogP contribution is 2.08. The van der Waals surface area contributed by atoms with Crippen LogP contribution < -0.4 is 0 Å². The smallest absolute Gasteiger partial charge is 0.306 e. The van der Waals surface area contributed by atoms with Gasteiger partial charge in [-0.1, -0.05) is 19.9 Å². The molecule has 1 aromatic heterocycles. The molecule has 3 heteroatoms. The zero-order valence-corrected chi connectivity index (χ0v) is 9.23. The zero-order valence-electron chi connectivity index (χ0n) is 9.23. The summed E-state index contributed by atoms with van der Waals surface area (Å²) in [6.07, 6.45) is 4.23. The molecule has 0 amide bonds. The molecule has 1 aromatic rings. The van der Waals surface area contributed by atoms with Gasteiger partial charge in [0.1, 0.15) is 0 Å². The van der Waals surface area contributed by atoms with E-state index in [4.69, 9.17) is 5.11 Å². The second kappa shape index (κ2) is 5.49. The average Bonchev–Trinajstić information content (AvgIpc) is 2.26. The maximum Gasteiger partial charge on any atom is 0.306 e. The van der Waals surface area contributed by atoms with Gasteiger partial charge in [0.05, 0.1) is 5.92 Å². The minimum atomic E-state index is -0.736. The van der Waals surface area contributed by atoms with Gasteiger partial charge in [0.25, 0.3) is 0 Å². The summed E-state index contributed by atoms with van der Waals surface area (Å²) in [5, 5.41) is 8.72. The van der Waals surface area contributed by atoms with Gasteiger partial charge in [-0.15, -0.1) is 0 Å². The SMILES string of the molecule is CCc1ccc(CCC(C)C(=O)O)nc1. The number of hydrogen-bond donors (Lipinski definition) is 1. The molecule has 1 heterocycles. The Bertz CT molecular complexity index is 319. The summed E-state index contributed by atoms with van der Waals surface area (Å²) in [6, 6.07) is 4.03. The summed E-state index contributed by atoms with van der Waals surface area (Å²) >= 11 is 0. The van der Waals surface area contributed by atoms with Crippen LogP contribution in [0.5, 0.6) is 0 Å². The van der Waals surface area contributed by atoms with E-state index in [1.807, 2.05) is 18.3 Å². The lowest BCUT2D eigenvalue weighted by atomic mass is 10.0. The summed E-state index contributed by atoms with van der Waals surface area (Å²) in [6.45, 7) is 3.81. The second-order valence-corrected chi connectivity index (χ2v) is 3.79. The van der Waals surface area contributed by atoms with Crippen molar-refractivity contribution in [3.63, 3.8) is 0 Å². The van der Waals surface area contributed by atoms with Crippen LogP contribution in [0.25, 0.3) is 0 Å². The third kappa shape index (κ3) is 3.70. The molecule has 0 spiro atoms. The molecule has 0 bridgehead atoms. The molecule has 0 fully saturated rings. The number of carboxylic acids is 1. The number of pyridine rings is 1. The molecule has 0 aliphatic rings. The van der Waals surface area contributed by atoms with Crippen LogP contribution in [0.4, 0.5) is 0 Å². The van der Waals surface area contributed by atoms with Gasteiger partial charge in [-0.2, -0.15) is 0 Å². The van der Waals surface area contributed by atoms with Crippen molar-refractivity contribution in [3.8, 4) is 0 Å². The van der Waals surface area contributed by atoms with Crippen molar-refractivity contribution in [2.75, 3.05) is 0 Å². The summed E-state index contributed by atoms with van der Waals surface area (Å²) in [7, 11) is 0. The lowest BCUT2D eigenvalue weighted by Gasteiger charge is -2.05. The topological polar surface area (TPSA) is 50.2 Å². The minimum absolute atomic E-state index is 0.294. The van der Waals surface area contributed by atoms with Crippen LogP contribution in [-0.2, 0) is 17.6 Å². The van der Waals surface area contributed by atoms with Gasteiger partial charge in [-0.05, 0) is 30.9 Å². The van der Waals surface area contributed by atoms with Crippen LogP contribution in [0.15, 0.2) is 18.3 Å². The minimum Gasteiger partial charge on any atom is -0.481 e. The fourth-order valence-corrected chi connectivity index (χ4v) is 1.30. The fraction of sp³-hybridized carbons (Fsp3) is 0.500. The van der Waals surface area contributed by atoms with Gasteiger partial charge >= 0.3 is 5.97 Å². The van der Waals surface area contributed by atoms with Gasteiger partial charge in [0.15, 0.2) is 0 Å². The summed E-state index contributed by atoms with van der Waals surface area (Å²) in [4.78, 5) is 14.9. The summed E-state index contributed by atoms with van der Waals surface area (Å²) in [5.41, 5.74) is 2.19. The van der Waals surface area contributed by atoms with Crippen molar-refractivity contribution < 1.29 is 9.90 Å². The molecule has 1 unspecified atom stereocenters. The summed E-state index contributed by atoms with van der Waals surface area (Å²) in [5.74, 6) is -1.03. The first-order valence-electron chi connectivity index (χ1n) is 5.30. The Labute approximate surface area is 90.2 Å². The van der Waals surface area contributed by atoms with Crippen LogP contribution in [0.3, 0.4) is 0 Å². The molecule has 0 aromatic carbocycles. The van der Waals surface area contributed by atoms with E-state index in [1.165, 1.54) is 5.56 Å². The molecular weight excluding hydrogens is 190 g/mol. The van der Waals surface area contributed by atoms with Crippen molar-refractivity contribution in [1.82, 2.24) is 4.98 Å². The van der Waals surface area contributed by atoms with Crippen molar-refractivity contribution in [3.05, 3.63) is 29.6 Å².